The van der Waals surface area contributed by atoms with Crippen molar-refractivity contribution in [1.29, 1.82) is 0 Å². The van der Waals surface area contributed by atoms with Crippen molar-refractivity contribution in [3.8, 4) is 0 Å². The van der Waals surface area contributed by atoms with Crippen LogP contribution in [0.25, 0.3) is 0 Å². The summed E-state index contributed by atoms with van der Waals surface area (Å²) in [5.74, 6) is 0. The fourth-order valence-electron chi connectivity index (χ4n) is 6.16. The Balaban J connectivity index is 8.12. The van der Waals surface area contributed by atoms with Crippen LogP contribution in [-0.4, -0.2) is 270 Å². The molecule has 38 heavy (non-hydrogen) atoms. The molecule has 0 amide bonds. The summed E-state index contributed by atoms with van der Waals surface area (Å²) < 4.78 is 0. The summed E-state index contributed by atoms with van der Waals surface area (Å²) in [6.07, 6.45) is -20.0. The van der Waals surface area contributed by atoms with E-state index in [0.717, 1.165) is 0 Å². The van der Waals surface area contributed by atoms with Gasteiger partial charge in [0, 0.05) is 0 Å². The minimum absolute atomic E-state index is 1.01. The van der Waals surface area contributed by atoms with Crippen LogP contribution >= 0.6 is 0 Å². The molecule has 0 nitrogen and oxygen atoms in total. The maximum absolute atomic E-state index is 6.24. The van der Waals surface area contributed by atoms with Crippen LogP contribution in [0.1, 0.15) is 0 Å². The standard InChI is InChI=1S/B38/c1-21(2)31(22(3)4)36(32(23(5)6)24(7)8)38(35(29(17)18)30(19)20)37(33(25(9)10)26(11)12)34(27(13)14)28(15)16/q-2. The van der Waals surface area contributed by atoms with Crippen molar-refractivity contribution >= 4 is 270 Å². The average molecular weight is 411 g/mol. The van der Waals surface area contributed by atoms with Gasteiger partial charge in [-0.2, -0.15) is 0 Å². The molecule has 0 aliphatic heterocycles. The third-order valence-corrected chi connectivity index (χ3v) is 7.56. The Kier molecular flexibility index (Phi) is 19.5. The minimum Gasteiger partial charge on any atom is -0.729 e. The molecule has 0 spiro atoms. The van der Waals surface area contributed by atoms with Gasteiger partial charge in [0.2, 0.25) is 0 Å². The number of hydrogen-bond acceptors (Lipinski definition) is 0. The van der Waals surface area contributed by atoms with Crippen molar-refractivity contribution in [2.24, 2.45) is 0 Å². The maximum Gasteiger partial charge on any atom is -0.000000000000163 e. The molecule has 0 saturated heterocycles. The van der Waals surface area contributed by atoms with Crippen LogP contribution in [0.15, 0.2) is 0 Å². The molecule has 0 rings (SSSR count). The minimum atomic E-state index is -1.20. The first-order valence-corrected chi connectivity index (χ1v) is 12.3. The lowest BCUT2D eigenvalue weighted by Crippen LogP contribution is -2.92. The molecule has 0 heterocycles. The molecule has 0 N–H and O–H groups in total. The van der Waals surface area contributed by atoms with Crippen LogP contribution in [0.2, 0.25) is 0 Å². The fourth-order valence-corrected chi connectivity index (χ4v) is 6.16. The topological polar surface area (TPSA) is 0 Å². The highest BCUT2D eigenvalue weighted by Gasteiger charge is 2.54. The second kappa shape index (κ2) is 18.3. The molecule has 0 aliphatic rings. The third kappa shape index (κ3) is 10.9. The monoisotopic (exact) mass is 418 g/mol. The van der Waals surface area contributed by atoms with E-state index in [1.807, 2.05) is 0 Å². The lowest BCUT2D eigenvalue weighted by atomic mass is 8.28. The van der Waals surface area contributed by atoms with E-state index in [1.54, 1.807) is 0 Å². The van der Waals surface area contributed by atoms with Crippen molar-refractivity contribution < 1.29 is 0 Å². The smallest absolute Gasteiger partial charge is 0.000000000000163 e. The summed E-state index contributed by atoms with van der Waals surface area (Å²) >= 11 is 0. The Morgan fingerprint density at radius 1 is 0.211 bits per heavy atom. The van der Waals surface area contributed by atoms with Crippen molar-refractivity contribution in [3.05, 3.63) is 0 Å². The molecule has 0 aromatic rings. The first kappa shape index (κ1) is 40.5. The lowest BCUT2D eigenvalue weighted by Gasteiger charge is -2.58. The highest BCUT2D eigenvalue weighted by molar-refractivity contribution is 8.31. The summed E-state index contributed by atoms with van der Waals surface area (Å²) in [5.41, 5.74) is 0. The van der Waals surface area contributed by atoms with Gasteiger partial charge in [0.25, 0.3) is 0 Å². The molecule has 116 valence electrons. The van der Waals surface area contributed by atoms with E-state index in [0.29, 0.717) is 0 Å². The Hall–Kier alpha value is 2.47. The summed E-state index contributed by atoms with van der Waals surface area (Å²) in [6.45, 7) is 0. The highest BCUT2D eigenvalue weighted by Crippen LogP contribution is 2.18. The van der Waals surface area contributed by atoms with Crippen molar-refractivity contribution in [1.82, 2.24) is 0 Å². The average Bonchev–Trinajstić information content (AvgIpc) is 2.67. The molecule has 0 atom stereocenters. The van der Waals surface area contributed by atoms with Gasteiger partial charge in [0.1, 0.15) is 0 Å². The lowest BCUT2D eigenvalue weighted by molar-refractivity contribution is 3.22. The van der Waals surface area contributed by atoms with Gasteiger partial charge in [-0.15, -0.1) is 0 Å². The van der Waals surface area contributed by atoms with Crippen LogP contribution in [-0.2, 0) is 0 Å². The van der Waals surface area contributed by atoms with Crippen LogP contribution in [0.5, 0.6) is 0 Å². The van der Waals surface area contributed by atoms with Crippen LogP contribution in [0.4, 0.5) is 0 Å². The van der Waals surface area contributed by atoms with E-state index in [4.69, 9.17) is 155 Å². The first-order chi connectivity index (χ1) is 17.2. The summed E-state index contributed by atoms with van der Waals surface area (Å²) in [4.78, 5) is 0. The zero-order valence-electron chi connectivity index (χ0n) is 21.9. The Labute approximate surface area is 268 Å². The Morgan fingerprint density at radius 3 is 0.474 bits per heavy atom. The van der Waals surface area contributed by atoms with E-state index in [9.17, 15) is 0 Å². The van der Waals surface area contributed by atoms with Crippen molar-refractivity contribution in [2.45, 2.75) is 0 Å². The van der Waals surface area contributed by atoms with Gasteiger partial charge in [-0.25, -0.2) is 0 Å². The molecule has 38 heteroatoms. The van der Waals surface area contributed by atoms with Gasteiger partial charge < -0.3 is 21.9 Å². The second-order valence-corrected chi connectivity index (χ2v) is 10.4. The van der Waals surface area contributed by atoms with E-state index >= 15 is 0 Å². The van der Waals surface area contributed by atoms with Gasteiger partial charge in [-0.1, -0.05) is 6.39 Å². The van der Waals surface area contributed by atoms with E-state index < -0.39 is 115 Å². The largest absolute Gasteiger partial charge is 0.729 e. The molecule has 42 radical (unpaired) electrons. The summed E-state index contributed by atoms with van der Waals surface area (Å²) in [5, 5.41) is 0. The Bertz CT molecular complexity index is 478. The third-order valence-electron chi connectivity index (χ3n) is 7.56. The molecule has 0 bridgehead atoms. The highest BCUT2D eigenvalue weighted by atomic mass is 13.4. The predicted octanol–water partition coefficient (Wildman–Crippen LogP) is -14.5. The van der Waals surface area contributed by atoms with Gasteiger partial charge in [-0.3, -0.25) is 0 Å². The zero-order chi connectivity index (χ0) is 30.4. The summed E-state index contributed by atoms with van der Waals surface area (Å²) in [7, 11) is 124. The molecule has 0 unspecified atom stereocenters. The molecule has 0 saturated carbocycles. The number of rotatable bonds is 17. The molecule has 0 aromatic heterocycles. The molecular formula is B38-2. The normalized spacial score (nSPS) is 9.63. The molecule has 0 fully saturated rings. The van der Waals surface area contributed by atoms with Crippen LogP contribution in [0.3, 0.4) is 0 Å². The maximum atomic E-state index is 6.24. The predicted molar refractivity (Wildman–Crippen MR) is 219 cm³/mol. The second-order valence-electron chi connectivity index (χ2n) is 10.4. The van der Waals surface area contributed by atoms with Gasteiger partial charge in [0.15, 0.2) is 0 Å². The number of hydrogen-bond donors (Lipinski definition) is 0. The molecule has 0 aliphatic carbocycles. The SMILES string of the molecule is [B]B([B])B(B([B])[B])B(B(B([B])[B])B([B])[B])B(B(B([B])[B])B([B])[B])B(B(B([B])[B])B([B])[B])B(B([B])[B])B([B-])[B-]. The fraction of sp³-hybridized carbons (Fsp3) is 0. The molecule has 0 aromatic carbocycles. The van der Waals surface area contributed by atoms with Crippen LogP contribution < -0.4 is 0 Å². The van der Waals surface area contributed by atoms with Gasteiger partial charge in [-0.05, 0) is 241 Å². The van der Waals surface area contributed by atoms with Crippen LogP contribution in [0, 0.1) is 0 Å². The van der Waals surface area contributed by atoms with E-state index in [1.165, 1.54) is 0 Å². The zero-order valence-corrected chi connectivity index (χ0v) is 21.9. The van der Waals surface area contributed by atoms with Gasteiger partial charge >= 0.3 is 0 Å². The Morgan fingerprint density at radius 2 is 0.342 bits per heavy atom. The van der Waals surface area contributed by atoms with Crippen molar-refractivity contribution in [3.63, 3.8) is 0 Å². The van der Waals surface area contributed by atoms with E-state index in [-0.39, 0.29) is 0 Å². The summed E-state index contributed by atoms with van der Waals surface area (Å²) in [6, 6.07) is 0. The van der Waals surface area contributed by atoms with Gasteiger partial charge in [0.05, 0.1) is 0 Å². The van der Waals surface area contributed by atoms with E-state index in [2.05, 4.69) is 0 Å². The molecular weight excluding hydrogens is 411 g/mol. The quantitative estimate of drug-likeness (QED) is 0.209. The van der Waals surface area contributed by atoms with Crippen molar-refractivity contribution in [2.75, 3.05) is 0 Å². The first-order valence-electron chi connectivity index (χ1n) is 12.3.